The van der Waals surface area contributed by atoms with E-state index in [4.69, 9.17) is 0 Å². The molecule has 1 N–H and O–H groups in total. The lowest BCUT2D eigenvalue weighted by Gasteiger charge is -2.40. The van der Waals surface area contributed by atoms with Crippen LogP contribution in [0.2, 0.25) is 0 Å². The molecule has 2 amide bonds. The van der Waals surface area contributed by atoms with Crippen LogP contribution in [0.3, 0.4) is 0 Å². The van der Waals surface area contributed by atoms with E-state index in [1.807, 2.05) is 4.90 Å². The van der Waals surface area contributed by atoms with Gasteiger partial charge in [0.05, 0.1) is 18.1 Å². The van der Waals surface area contributed by atoms with Crippen molar-refractivity contribution in [3.05, 3.63) is 18.5 Å². The van der Waals surface area contributed by atoms with Crippen molar-refractivity contribution in [3.63, 3.8) is 0 Å². The predicted molar refractivity (Wildman–Crippen MR) is 73.9 cm³/mol. The zero-order valence-electron chi connectivity index (χ0n) is 11.5. The van der Waals surface area contributed by atoms with E-state index in [0.29, 0.717) is 5.69 Å². The summed E-state index contributed by atoms with van der Waals surface area (Å²) < 4.78 is 0. The fourth-order valence-corrected chi connectivity index (χ4v) is 2.38. The molecule has 2 heterocycles. The van der Waals surface area contributed by atoms with Crippen LogP contribution in [0.5, 0.6) is 0 Å². The number of carbonyl (C=O) groups is 1. The number of nitrogens with one attached hydrogen (secondary N) is 1. The molecule has 1 aliphatic heterocycles. The molecule has 1 aliphatic rings. The largest absolute Gasteiger partial charge is 0.322 e. The molecule has 0 bridgehead atoms. The Morgan fingerprint density at radius 3 is 2.89 bits per heavy atom. The quantitative estimate of drug-likeness (QED) is 0.896. The van der Waals surface area contributed by atoms with Crippen molar-refractivity contribution >= 4 is 11.7 Å². The second-order valence-electron chi connectivity index (χ2n) is 4.71. The summed E-state index contributed by atoms with van der Waals surface area (Å²) >= 11 is 0. The number of amides is 2. The van der Waals surface area contributed by atoms with Gasteiger partial charge in [-0.15, -0.1) is 0 Å². The van der Waals surface area contributed by atoms with Crippen molar-refractivity contribution in [2.24, 2.45) is 0 Å². The van der Waals surface area contributed by atoms with Crippen LogP contribution in [0.15, 0.2) is 18.5 Å². The molecule has 6 nitrogen and oxygen atoms in total. The van der Waals surface area contributed by atoms with E-state index in [0.717, 1.165) is 32.6 Å². The minimum absolute atomic E-state index is 0.0457. The van der Waals surface area contributed by atoms with Gasteiger partial charge in [-0.2, -0.15) is 10.2 Å². The summed E-state index contributed by atoms with van der Waals surface area (Å²) in [6, 6.07) is 1.98. The molecule has 0 aromatic carbocycles. The molecule has 19 heavy (non-hydrogen) atoms. The Kier molecular flexibility index (Phi) is 4.68. The number of urea groups is 1. The number of nitrogens with zero attached hydrogens (tertiary/aromatic N) is 4. The molecule has 1 atom stereocenters. The lowest BCUT2D eigenvalue weighted by molar-refractivity contribution is 0.102. The van der Waals surface area contributed by atoms with Crippen LogP contribution in [0, 0.1) is 0 Å². The predicted octanol–water partition coefficient (Wildman–Crippen LogP) is 1.42. The first kappa shape index (κ1) is 13.7. The van der Waals surface area contributed by atoms with Gasteiger partial charge in [-0.05, 0) is 19.0 Å². The minimum Gasteiger partial charge on any atom is -0.319 e. The molecule has 1 fully saturated rings. The highest BCUT2D eigenvalue weighted by atomic mass is 16.2. The van der Waals surface area contributed by atoms with E-state index in [9.17, 15) is 4.79 Å². The van der Waals surface area contributed by atoms with Gasteiger partial charge >= 0.3 is 6.03 Å². The van der Waals surface area contributed by atoms with Gasteiger partial charge in [-0.1, -0.05) is 13.8 Å². The van der Waals surface area contributed by atoms with E-state index >= 15 is 0 Å². The number of aromatic nitrogens is 2. The Hall–Kier alpha value is -1.69. The fraction of sp³-hybridized carbons (Fsp3) is 0.615. The lowest BCUT2D eigenvalue weighted by atomic mass is 10.1. The maximum absolute atomic E-state index is 12.3. The first-order chi connectivity index (χ1) is 9.24. The standard InChI is InChI=1S/C13H21N5O/c1-3-12-10-17(4-2)7-8-18(12)13(19)16-11-5-6-14-15-9-11/h5-6,9,12H,3-4,7-8,10H2,1-2H3,(H,14,16,19). The molecular formula is C13H21N5O. The van der Waals surface area contributed by atoms with E-state index in [2.05, 4.69) is 34.3 Å². The van der Waals surface area contributed by atoms with Gasteiger partial charge < -0.3 is 10.2 Å². The molecule has 0 saturated carbocycles. The Morgan fingerprint density at radius 2 is 2.26 bits per heavy atom. The second-order valence-corrected chi connectivity index (χ2v) is 4.71. The average Bonchev–Trinajstić information content (AvgIpc) is 2.47. The summed E-state index contributed by atoms with van der Waals surface area (Å²) in [5.41, 5.74) is 0.688. The monoisotopic (exact) mass is 263 g/mol. The van der Waals surface area contributed by atoms with Gasteiger partial charge in [-0.25, -0.2) is 4.79 Å². The highest BCUT2D eigenvalue weighted by Crippen LogP contribution is 2.14. The van der Waals surface area contributed by atoms with Crippen LogP contribution < -0.4 is 5.32 Å². The third-order valence-electron chi connectivity index (χ3n) is 3.58. The van der Waals surface area contributed by atoms with Crippen LogP contribution in [-0.4, -0.2) is 58.2 Å². The van der Waals surface area contributed by atoms with Crippen LogP contribution in [0.4, 0.5) is 10.5 Å². The molecule has 0 radical (unpaired) electrons. The van der Waals surface area contributed by atoms with Crippen molar-refractivity contribution in [2.45, 2.75) is 26.3 Å². The van der Waals surface area contributed by atoms with Gasteiger partial charge in [0.1, 0.15) is 0 Å². The van der Waals surface area contributed by atoms with Gasteiger partial charge in [0.2, 0.25) is 0 Å². The number of anilines is 1. The number of likely N-dealkylation sites (N-methyl/N-ethyl adjacent to an activating group) is 1. The zero-order chi connectivity index (χ0) is 13.7. The van der Waals surface area contributed by atoms with Crippen molar-refractivity contribution in [1.29, 1.82) is 0 Å². The summed E-state index contributed by atoms with van der Waals surface area (Å²) in [6.07, 6.45) is 4.10. The summed E-state index contributed by atoms with van der Waals surface area (Å²) in [7, 11) is 0. The van der Waals surface area contributed by atoms with Crippen molar-refractivity contribution in [3.8, 4) is 0 Å². The third-order valence-corrected chi connectivity index (χ3v) is 3.58. The molecule has 104 valence electrons. The SMILES string of the molecule is CCC1CN(CC)CCN1C(=O)Nc1ccnnc1. The van der Waals surface area contributed by atoms with Gasteiger partial charge in [0.15, 0.2) is 0 Å². The number of carbonyl (C=O) groups excluding carboxylic acids is 1. The van der Waals surface area contributed by atoms with E-state index in [-0.39, 0.29) is 12.1 Å². The number of hydrogen-bond acceptors (Lipinski definition) is 4. The first-order valence-corrected chi connectivity index (χ1v) is 6.81. The Bertz CT molecular complexity index is 411. The highest BCUT2D eigenvalue weighted by Gasteiger charge is 2.28. The smallest absolute Gasteiger partial charge is 0.319 e. The van der Waals surface area contributed by atoms with Gasteiger partial charge in [-0.3, -0.25) is 4.90 Å². The first-order valence-electron chi connectivity index (χ1n) is 6.81. The van der Waals surface area contributed by atoms with E-state index < -0.39 is 0 Å². The molecule has 1 unspecified atom stereocenters. The zero-order valence-corrected chi connectivity index (χ0v) is 11.5. The van der Waals surface area contributed by atoms with Crippen LogP contribution in [0.1, 0.15) is 20.3 Å². The molecule has 2 rings (SSSR count). The van der Waals surface area contributed by atoms with Gasteiger partial charge in [0, 0.05) is 25.7 Å². The summed E-state index contributed by atoms with van der Waals surface area (Å²) in [5.74, 6) is 0. The Balaban J connectivity index is 1.98. The normalized spacial score (nSPS) is 20.3. The van der Waals surface area contributed by atoms with Crippen molar-refractivity contribution in [1.82, 2.24) is 20.0 Å². The third kappa shape index (κ3) is 3.41. The van der Waals surface area contributed by atoms with Crippen LogP contribution >= 0.6 is 0 Å². The number of piperazine rings is 1. The molecule has 6 heteroatoms. The summed E-state index contributed by atoms with van der Waals surface area (Å²) in [5, 5.41) is 10.3. The molecule has 0 aliphatic carbocycles. The fourth-order valence-electron chi connectivity index (χ4n) is 2.38. The molecule has 1 aromatic heterocycles. The Labute approximate surface area is 113 Å². The Morgan fingerprint density at radius 1 is 1.42 bits per heavy atom. The topological polar surface area (TPSA) is 61.4 Å². The van der Waals surface area contributed by atoms with Crippen molar-refractivity contribution < 1.29 is 4.79 Å². The minimum atomic E-state index is -0.0457. The van der Waals surface area contributed by atoms with Crippen molar-refractivity contribution in [2.75, 3.05) is 31.5 Å². The molecular weight excluding hydrogens is 242 g/mol. The maximum atomic E-state index is 12.3. The lowest BCUT2D eigenvalue weighted by Crippen LogP contribution is -2.55. The van der Waals surface area contributed by atoms with E-state index in [1.165, 1.54) is 0 Å². The van der Waals surface area contributed by atoms with Gasteiger partial charge in [0.25, 0.3) is 0 Å². The number of hydrogen-bond donors (Lipinski definition) is 1. The summed E-state index contributed by atoms with van der Waals surface area (Å²) in [6.45, 7) is 7.99. The molecule has 1 aromatic rings. The second kappa shape index (κ2) is 6.47. The van der Waals surface area contributed by atoms with Crippen LogP contribution in [0.25, 0.3) is 0 Å². The molecule has 1 saturated heterocycles. The number of rotatable bonds is 3. The average molecular weight is 263 g/mol. The van der Waals surface area contributed by atoms with Crippen LogP contribution in [-0.2, 0) is 0 Å². The maximum Gasteiger partial charge on any atom is 0.322 e. The highest BCUT2D eigenvalue weighted by molar-refractivity contribution is 5.89. The summed E-state index contributed by atoms with van der Waals surface area (Å²) in [4.78, 5) is 16.6. The molecule has 0 spiro atoms. The van der Waals surface area contributed by atoms with E-state index in [1.54, 1.807) is 18.5 Å².